The van der Waals surface area contributed by atoms with Crippen LogP contribution in [0.5, 0.6) is 0 Å². The first-order valence-electron chi connectivity index (χ1n) is 6.62. The van der Waals surface area contributed by atoms with Crippen LogP contribution in [0.1, 0.15) is 11.1 Å². The minimum absolute atomic E-state index is 0.127. The lowest BCUT2D eigenvalue weighted by Crippen LogP contribution is -2.25. The van der Waals surface area contributed by atoms with Crippen LogP contribution < -0.4 is 5.32 Å². The van der Waals surface area contributed by atoms with Crippen LogP contribution in [0.15, 0.2) is 47.4 Å². The van der Waals surface area contributed by atoms with Crippen LogP contribution in [0.25, 0.3) is 11.6 Å². The van der Waals surface area contributed by atoms with E-state index in [1.807, 2.05) is 0 Å². The van der Waals surface area contributed by atoms with Crippen molar-refractivity contribution >= 4 is 27.2 Å². The molecule has 0 spiro atoms. The number of anilines is 1. The Bertz CT molecular complexity index is 875. The number of nitrogens with one attached hydrogen (secondary N) is 1. The summed E-state index contributed by atoms with van der Waals surface area (Å²) >= 11 is 0. The third kappa shape index (κ3) is 2.51. The van der Waals surface area contributed by atoms with Gasteiger partial charge in [-0.25, -0.2) is 12.8 Å². The molecule has 0 amide bonds. The van der Waals surface area contributed by atoms with Gasteiger partial charge in [0.1, 0.15) is 5.82 Å². The molecule has 0 bridgehead atoms. The van der Waals surface area contributed by atoms with Gasteiger partial charge in [0.05, 0.1) is 10.6 Å². The Hall–Kier alpha value is -2.18. The maximum absolute atomic E-state index is 13.7. The van der Waals surface area contributed by atoms with Gasteiger partial charge in [-0.2, -0.15) is 0 Å². The van der Waals surface area contributed by atoms with Crippen molar-refractivity contribution in [1.29, 1.82) is 0 Å². The first kappa shape index (κ1) is 14.7. The third-order valence-electron chi connectivity index (χ3n) is 3.53. The maximum Gasteiger partial charge on any atom is 0.176 e. The summed E-state index contributed by atoms with van der Waals surface area (Å²) in [7, 11) is -3.45. The summed E-state index contributed by atoms with van der Waals surface area (Å²) < 4.78 is 37.6. The topological polar surface area (TPSA) is 66.4 Å². The fraction of sp³-hybridized carbons (Fsp3) is 0.125. The molecule has 0 aromatic heterocycles. The van der Waals surface area contributed by atoms with Crippen LogP contribution in [0.4, 0.5) is 10.1 Å². The highest BCUT2D eigenvalue weighted by atomic mass is 32.2. The Kier molecular flexibility index (Phi) is 3.50. The number of fused-ring (bicyclic) bond motifs is 1. The molecule has 4 nitrogen and oxygen atoms in total. The fourth-order valence-corrected chi connectivity index (χ4v) is 3.44. The van der Waals surface area contributed by atoms with Crippen LogP contribution in [0.2, 0.25) is 0 Å². The first-order chi connectivity index (χ1) is 10.4. The molecule has 6 heteroatoms. The van der Waals surface area contributed by atoms with E-state index in [9.17, 15) is 17.9 Å². The highest BCUT2D eigenvalue weighted by Crippen LogP contribution is 2.35. The van der Waals surface area contributed by atoms with Crippen LogP contribution >= 0.6 is 0 Å². The Morgan fingerprint density at radius 2 is 1.86 bits per heavy atom. The molecule has 2 N–H and O–H groups in total. The van der Waals surface area contributed by atoms with E-state index in [0.29, 0.717) is 16.7 Å². The number of rotatable bonds is 2. The monoisotopic (exact) mass is 319 g/mol. The highest BCUT2D eigenvalue weighted by Gasteiger charge is 2.25. The molecule has 1 unspecified atom stereocenters. The van der Waals surface area contributed by atoms with Crippen LogP contribution in [0, 0.1) is 5.82 Å². The summed E-state index contributed by atoms with van der Waals surface area (Å²) in [6.07, 6.45) is 1.53. The molecule has 3 rings (SSSR count). The molecule has 0 fully saturated rings. The van der Waals surface area contributed by atoms with Crippen LogP contribution in [-0.4, -0.2) is 26.0 Å². The number of para-hydroxylation sites is 1. The Morgan fingerprint density at radius 3 is 2.59 bits per heavy atom. The SMILES string of the molecule is CS(=O)(=O)c1ccccc1C1=Cc2cccc(F)c2NC1O. The van der Waals surface area contributed by atoms with Crippen LogP contribution in [-0.2, 0) is 9.84 Å². The minimum atomic E-state index is -3.45. The normalized spacial score (nSPS) is 17.4. The summed E-state index contributed by atoms with van der Waals surface area (Å²) in [4.78, 5) is 0.127. The second-order valence-electron chi connectivity index (χ2n) is 5.12. The van der Waals surface area contributed by atoms with E-state index >= 15 is 0 Å². The zero-order valence-electron chi connectivity index (χ0n) is 11.7. The van der Waals surface area contributed by atoms with E-state index in [2.05, 4.69) is 5.32 Å². The number of benzene rings is 2. The van der Waals surface area contributed by atoms with Crippen molar-refractivity contribution in [3.63, 3.8) is 0 Å². The second-order valence-corrected chi connectivity index (χ2v) is 7.10. The molecule has 114 valence electrons. The van der Waals surface area contributed by atoms with Crippen molar-refractivity contribution in [1.82, 2.24) is 0 Å². The van der Waals surface area contributed by atoms with Crippen molar-refractivity contribution < 1.29 is 17.9 Å². The van der Waals surface area contributed by atoms with E-state index < -0.39 is 21.9 Å². The van der Waals surface area contributed by atoms with E-state index in [1.165, 1.54) is 12.1 Å². The molecule has 2 aromatic rings. The summed E-state index contributed by atoms with van der Waals surface area (Å²) in [5, 5.41) is 12.9. The average Bonchev–Trinajstić information content (AvgIpc) is 2.47. The Labute approximate surface area is 127 Å². The second kappa shape index (κ2) is 5.23. The zero-order chi connectivity index (χ0) is 15.9. The van der Waals surface area contributed by atoms with Gasteiger partial charge < -0.3 is 10.4 Å². The lowest BCUT2D eigenvalue weighted by molar-refractivity contribution is 0.260. The lowest BCUT2D eigenvalue weighted by Gasteiger charge is -2.25. The van der Waals surface area contributed by atoms with Gasteiger partial charge in [0, 0.05) is 23.0 Å². The van der Waals surface area contributed by atoms with Gasteiger partial charge in [-0.1, -0.05) is 30.3 Å². The molecule has 0 saturated heterocycles. The zero-order valence-corrected chi connectivity index (χ0v) is 12.6. The van der Waals surface area contributed by atoms with Gasteiger partial charge >= 0.3 is 0 Å². The summed E-state index contributed by atoms with van der Waals surface area (Å²) in [6.45, 7) is 0. The van der Waals surface area contributed by atoms with E-state index in [-0.39, 0.29) is 10.6 Å². The quantitative estimate of drug-likeness (QED) is 0.892. The number of aliphatic hydroxyl groups is 1. The fourth-order valence-electron chi connectivity index (χ4n) is 2.53. The van der Waals surface area contributed by atoms with Crippen molar-refractivity contribution in [3.05, 3.63) is 59.4 Å². The van der Waals surface area contributed by atoms with Crippen molar-refractivity contribution in [2.45, 2.75) is 11.1 Å². The first-order valence-corrected chi connectivity index (χ1v) is 8.51. The van der Waals surface area contributed by atoms with Crippen LogP contribution in [0.3, 0.4) is 0 Å². The molecule has 1 heterocycles. The third-order valence-corrected chi connectivity index (χ3v) is 4.68. The largest absolute Gasteiger partial charge is 0.369 e. The van der Waals surface area contributed by atoms with E-state index in [1.54, 1.807) is 36.4 Å². The predicted molar refractivity (Wildman–Crippen MR) is 83.5 cm³/mol. The molecular formula is C16H14FNO3S. The van der Waals surface area contributed by atoms with Gasteiger partial charge in [-0.15, -0.1) is 0 Å². The molecule has 22 heavy (non-hydrogen) atoms. The molecule has 1 atom stereocenters. The van der Waals surface area contributed by atoms with Crippen molar-refractivity contribution in [2.24, 2.45) is 0 Å². The standard InChI is InChI=1S/C16H14FNO3S/c1-22(20,21)14-8-3-2-6-11(14)12-9-10-5-4-7-13(17)15(10)18-16(12)19/h2-9,16,18-19H,1H3. The van der Waals surface area contributed by atoms with Gasteiger partial charge in [0.15, 0.2) is 16.1 Å². The Morgan fingerprint density at radius 1 is 1.14 bits per heavy atom. The summed E-state index contributed by atoms with van der Waals surface area (Å²) in [5.41, 5.74) is 1.55. The lowest BCUT2D eigenvalue weighted by atomic mass is 9.97. The average molecular weight is 319 g/mol. The number of hydrogen-bond donors (Lipinski definition) is 2. The molecular weight excluding hydrogens is 305 g/mol. The molecule has 0 aliphatic carbocycles. The molecule has 1 aliphatic rings. The highest BCUT2D eigenvalue weighted by molar-refractivity contribution is 7.90. The summed E-state index contributed by atoms with van der Waals surface area (Å²) in [5.74, 6) is -0.469. The van der Waals surface area contributed by atoms with E-state index in [4.69, 9.17) is 0 Å². The molecule has 0 saturated carbocycles. The molecule has 2 aromatic carbocycles. The van der Waals surface area contributed by atoms with Crippen molar-refractivity contribution in [2.75, 3.05) is 11.6 Å². The number of halogens is 1. The number of hydrogen-bond acceptors (Lipinski definition) is 4. The van der Waals surface area contributed by atoms with Crippen molar-refractivity contribution in [3.8, 4) is 0 Å². The van der Waals surface area contributed by atoms with Gasteiger partial charge in [-0.3, -0.25) is 0 Å². The molecule has 0 radical (unpaired) electrons. The Balaban J connectivity index is 2.22. The van der Waals surface area contributed by atoms with E-state index in [0.717, 1.165) is 6.26 Å². The summed E-state index contributed by atoms with van der Waals surface area (Å²) in [6, 6.07) is 11.0. The minimum Gasteiger partial charge on any atom is -0.369 e. The smallest absolute Gasteiger partial charge is 0.176 e. The van der Waals surface area contributed by atoms with Gasteiger partial charge in [0.25, 0.3) is 0 Å². The number of sulfone groups is 1. The predicted octanol–water partition coefficient (Wildman–Crippen LogP) is 2.51. The van der Waals surface area contributed by atoms with Gasteiger partial charge in [0.2, 0.25) is 0 Å². The van der Waals surface area contributed by atoms with Gasteiger partial charge in [-0.05, 0) is 18.2 Å². The number of aliphatic hydroxyl groups excluding tert-OH is 1. The maximum atomic E-state index is 13.7. The molecule has 1 aliphatic heterocycles.